The first-order valence-electron chi connectivity index (χ1n) is 51.5. The van der Waals surface area contributed by atoms with Crippen LogP contribution in [0, 0.1) is 29.1 Å². The predicted octanol–water partition coefficient (Wildman–Crippen LogP) is 4.82. The zero-order valence-corrected chi connectivity index (χ0v) is 84.2. The Morgan fingerprint density at radius 2 is 0.755 bits per heavy atom. The number of H-pyrrole nitrogens is 1. The molecule has 40 nitrogen and oxygen atoms in total. The third-order valence-corrected chi connectivity index (χ3v) is 26.5. The van der Waals surface area contributed by atoms with E-state index in [9.17, 15) is 83.4 Å². The van der Waals surface area contributed by atoms with Gasteiger partial charge in [0.2, 0.25) is 47.3 Å². The van der Waals surface area contributed by atoms with E-state index in [4.69, 9.17) is 61.6 Å². The van der Waals surface area contributed by atoms with Gasteiger partial charge >= 0.3 is 5.69 Å². The summed E-state index contributed by atoms with van der Waals surface area (Å²) in [5, 5.41) is 86.7. The number of carbonyl (C=O) groups excluding carboxylic acids is 9. The normalized spacial score (nSPS) is 26.3. The molecule has 15 N–H and O–H groups in total. The van der Waals surface area contributed by atoms with Crippen molar-refractivity contribution in [3.8, 4) is 0 Å². The molecule has 1 aromatic rings. The molecule has 6 bridgehead atoms. The van der Waals surface area contributed by atoms with Gasteiger partial charge in [0.05, 0.1) is 109 Å². The maximum atomic E-state index is 14.1. The molecule has 8 rings (SSSR count). The van der Waals surface area contributed by atoms with Crippen LogP contribution in [0.15, 0.2) is 21.9 Å². The van der Waals surface area contributed by atoms with Gasteiger partial charge < -0.3 is 135 Å². The van der Waals surface area contributed by atoms with E-state index in [1.807, 2.05) is 13.8 Å². The van der Waals surface area contributed by atoms with Crippen LogP contribution >= 0.6 is 0 Å². The lowest BCUT2D eigenvalue weighted by Crippen LogP contribution is -2.60. The number of Topliss-reactive ketones (excluding diaryl/α,β-unsaturated/α-hetero) is 1. The summed E-state index contributed by atoms with van der Waals surface area (Å²) in [5.74, 6) is -2.80. The predicted molar refractivity (Wildman–Crippen MR) is 513 cm³/mol. The van der Waals surface area contributed by atoms with Gasteiger partial charge in [-0.2, -0.15) is 0 Å². The van der Waals surface area contributed by atoms with E-state index < -0.39 is 95.3 Å². The highest BCUT2D eigenvalue weighted by molar-refractivity contribution is 5.91. The van der Waals surface area contributed by atoms with Crippen LogP contribution in [-0.2, 0) is 105 Å². The summed E-state index contributed by atoms with van der Waals surface area (Å²) in [6.45, 7) is 20.8. The lowest BCUT2D eigenvalue weighted by atomic mass is 9.85. The number of ether oxygens (including phenoxy) is 13. The largest absolute Gasteiger partial charge is 0.390 e. The summed E-state index contributed by atoms with van der Waals surface area (Å²) in [7, 11) is 0. The number of aromatic amines is 1. The number of aromatic nitrogens is 2. The molecule has 18 atom stereocenters. The fraction of sp³-hybridized carbons (Fsp3) is 0.848. The number of rotatable bonds is 72. The second-order valence-electron chi connectivity index (χ2n) is 39.8. The second-order valence-corrected chi connectivity index (χ2v) is 39.8. The average Bonchev–Trinajstić information content (AvgIpc) is 1.62. The third-order valence-electron chi connectivity index (χ3n) is 26.5. The SMILES string of the molecule is CC.C[C@H]1[C@H]2OC[C@](COCCCCC(=O)CCCCNC(=O)CCOCC(COCCC(=O)NCCCNC(=O)CCCCOC[C@@]34CO[C@@H](O3)[C@H](C)[C@@H](O)[C@H]4O)(COCCC(=O)NCCCNC(=O)CCCCOC[C@@]34CO[C@@H](O3)[C@H](C)[C@@H](O)[C@H]4O)NC(=O)CCCCCCCCCCC(=O)NCCCCCCNC(=O)/C=C/c3cn([C@H]4C[C@H](C)[C@@H](CC(C)(C)C)O4)c(=O)[nH]c3=O)(O2)[C@H](O)[C@@H]1O. The van der Waals surface area contributed by atoms with Gasteiger partial charge in [0.25, 0.3) is 5.56 Å². The number of aliphatic hydroxyl groups excluding tert-OH is 6. The zero-order chi connectivity index (χ0) is 101. The lowest BCUT2D eigenvalue weighted by Gasteiger charge is -2.41. The molecular formula is C99H170N10O30. The highest BCUT2D eigenvalue weighted by atomic mass is 16.8. The molecule has 7 aliphatic rings. The number of nitrogens with one attached hydrogen (secondary N) is 9. The van der Waals surface area contributed by atoms with Crippen molar-refractivity contribution in [1.29, 1.82) is 0 Å². The van der Waals surface area contributed by atoms with Crippen molar-refractivity contribution < 1.29 is 135 Å². The number of aliphatic hydroxyl groups is 6. The molecule has 0 aliphatic carbocycles. The Labute approximate surface area is 819 Å². The van der Waals surface area contributed by atoms with Crippen molar-refractivity contribution in [2.75, 3.05) is 145 Å². The first kappa shape index (κ1) is 119. The van der Waals surface area contributed by atoms with Crippen molar-refractivity contribution in [3.05, 3.63) is 38.7 Å². The first-order valence-corrected chi connectivity index (χ1v) is 51.5. The van der Waals surface area contributed by atoms with Crippen LogP contribution in [0.5, 0.6) is 0 Å². The van der Waals surface area contributed by atoms with Crippen LogP contribution in [0.2, 0.25) is 0 Å². The van der Waals surface area contributed by atoms with Crippen molar-refractivity contribution in [3.63, 3.8) is 0 Å². The summed E-state index contributed by atoms with van der Waals surface area (Å²) in [4.78, 5) is 145. The minimum Gasteiger partial charge on any atom is -0.390 e. The number of amides is 8. The summed E-state index contributed by atoms with van der Waals surface area (Å²) < 4.78 is 78.2. The second kappa shape index (κ2) is 63.4. The number of hydrogen-bond donors (Lipinski definition) is 15. The Balaban J connectivity index is 0.0000131. The monoisotopic (exact) mass is 1980 g/mol. The molecule has 40 heteroatoms. The summed E-state index contributed by atoms with van der Waals surface area (Å²) in [6, 6.07) is 0. The molecule has 0 spiro atoms. The van der Waals surface area contributed by atoms with E-state index in [1.54, 1.807) is 20.8 Å². The highest BCUT2D eigenvalue weighted by Crippen LogP contribution is 2.44. The molecule has 0 saturated carbocycles. The molecular weight excluding hydrogens is 1810 g/mol. The van der Waals surface area contributed by atoms with Crippen LogP contribution in [0.1, 0.15) is 286 Å². The van der Waals surface area contributed by atoms with Crippen LogP contribution in [0.25, 0.3) is 6.08 Å². The maximum Gasteiger partial charge on any atom is 0.330 e. The Kier molecular flexibility index (Phi) is 54.3. The fourth-order valence-corrected chi connectivity index (χ4v) is 17.7. The minimum absolute atomic E-state index is 0.00168. The van der Waals surface area contributed by atoms with Crippen LogP contribution < -0.4 is 53.8 Å². The van der Waals surface area contributed by atoms with Crippen LogP contribution in [0.3, 0.4) is 0 Å². The first-order chi connectivity index (χ1) is 66.7. The molecule has 8 amide bonds. The number of hydrogen-bond acceptors (Lipinski definition) is 30. The average molecular weight is 1980 g/mol. The van der Waals surface area contributed by atoms with Gasteiger partial charge in [-0.1, -0.05) is 114 Å². The standard InChI is InChI=1S/C97H164N10O30.C2H6/c1-66-54-81(134-72(66)55-93(5,6)7)107-56-70(88(123)105-92(107)124)36-37-76(112)99-42-23-15-14-22-41-98-73(109)32-16-12-10-8-9-11-13-17-35-80(116)106-94(57-128-51-38-77(113)100-43-24-18-30-71(108)31-19-25-48-125-60-95-63-131-89(135-95)67(2)82(117)85(95)120,58-129-52-39-78(114)103-46-28-44-101-74(110)33-20-26-49-126-61-96-64-132-90(136-96)68(3)83(118)86(96)121)59-130-53-40-79(115)104-47-29-45-102-75(111)34-21-27-50-127-62-97-65-133-91(137-97)69(4)84(119)87(97)122;1-2/h36-37,56,66-69,72,81-87,89-91,117-122H,8-35,38-55,57-65H2,1-7H3,(H,98,109)(H,99,112)(H,100,113)(H,101,110)(H,102,111)(H,103,114)(H,104,115)(H,106,116)(H,105,123,124);1-2H3/b37-36+;/t66-,67+,68+,69+,72+,81+,82+,83+,84+,85+,86+,87+,89-,90-,91-,95-,96-,97-;/m0./s1. The summed E-state index contributed by atoms with van der Waals surface area (Å²) in [5.41, 5.74) is -5.73. The molecule has 7 fully saturated rings. The van der Waals surface area contributed by atoms with Crippen LogP contribution in [-0.4, -0.2) is 322 Å². The molecule has 139 heavy (non-hydrogen) atoms. The van der Waals surface area contributed by atoms with Crippen molar-refractivity contribution >= 4 is 59.1 Å². The van der Waals surface area contributed by atoms with Gasteiger partial charge in [-0.15, -0.1) is 0 Å². The lowest BCUT2D eigenvalue weighted by molar-refractivity contribution is -0.248. The third kappa shape index (κ3) is 41.6. The topological polar surface area (TPSA) is 546 Å². The number of ketones is 1. The molecule has 796 valence electrons. The van der Waals surface area contributed by atoms with Gasteiger partial charge in [-0.3, -0.25) is 57.5 Å². The van der Waals surface area contributed by atoms with Gasteiger partial charge in [-0.25, -0.2) is 4.79 Å². The summed E-state index contributed by atoms with van der Waals surface area (Å²) in [6.07, 6.45) is 13.6. The number of unbranched alkanes of at least 4 members (excludes halogenated alkanes) is 14. The Bertz CT molecular complexity index is 3730. The van der Waals surface area contributed by atoms with E-state index in [1.165, 1.54) is 22.9 Å². The summed E-state index contributed by atoms with van der Waals surface area (Å²) >= 11 is 0. The molecule has 7 saturated heterocycles. The molecule has 8 heterocycles. The van der Waals surface area contributed by atoms with E-state index >= 15 is 0 Å². The smallest absolute Gasteiger partial charge is 0.330 e. The Morgan fingerprint density at radius 3 is 1.15 bits per heavy atom. The number of nitrogens with zero attached hydrogens (tertiary/aromatic N) is 1. The van der Waals surface area contributed by atoms with Gasteiger partial charge in [0.15, 0.2) is 18.9 Å². The van der Waals surface area contributed by atoms with Crippen LogP contribution in [0.4, 0.5) is 0 Å². The zero-order valence-electron chi connectivity index (χ0n) is 84.2. The minimum atomic E-state index is -1.38. The van der Waals surface area contributed by atoms with E-state index in [-0.39, 0.29) is 225 Å². The van der Waals surface area contributed by atoms with Gasteiger partial charge in [0, 0.05) is 153 Å². The molecule has 7 aliphatic heterocycles. The van der Waals surface area contributed by atoms with E-state index in [0.717, 1.165) is 77.0 Å². The fourth-order valence-electron chi connectivity index (χ4n) is 17.7. The maximum absolute atomic E-state index is 14.1. The molecule has 0 radical (unpaired) electrons. The number of carbonyl (C=O) groups is 9. The Hall–Kier alpha value is -6.91. The number of fused-ring (bicyclic) bond motifs is 6. The molecule has 1 aromatic heterocycles. The van der Waals surface area contributed by atoms with Gasteiger partial charge in [-0.05, 0) is 120 Å². The van der Waals surface area contributed by atoms with E-state index in [2.05, 4.69) is 75.2 Å². The molecule has 0 aromatic carbocycles. The van der Waals surface area contributed by atoms with Crippen molar-refractivity contribution in [2.45, 2.75) is 364 Å². The van der Waals surface area contributed by atoms with Crippen molar-refractivity contribution in [1.82, 2.24) is 52.1 Å². The van der Waals surface area contributed by atoms with E-state index in [0.29, 0.717) is 149 Å². The Morgan fingerprint density at radius 1 is 0.424 bits per heavy atom. The molecule has 0 unspecified atom stereocenters. The highest BCUT2D eigenvalue weighted by Gasteiger charge is 2.61. The quantitative estimate of drug-likeness (QED) is 0.0307. The van der Waals surface area contributed by atoms with Gasteiger partial charge in [0.1, 0.15) is 52.7 Å². The van der Waals surface area contributed by atoms with Crippen molar-refractivity contribution in [2.24, 2.45) is 29.1 Å².